The van der Waals surface area contributed by atoms with Crippen LogP contribution in [0, 0.1) is 0 Å². The molecule has 1 aromatic rings. The van der Waals surface area contributed by atoms with Crippen LogP contribution < -0.4 is 5.32 Å². The first-order chi connectivity index (χ1) is 8.50. The second-order valence-electron chi connectivity index (χ2n) is 4.76. The summed E-state index contributed by atoms with van der Waals surface area (Å²) in [6, 6.07) is 7.58. The van der Waals surface area contributed by atoms with E-state index in [2.05, 4.69) is 31.1 Å². The van der Waals surface area contributed by atoms with Gasteiger partial charge in [-0.3, -0.25) is 0 Å². The summed E-state index contributed by atoms with van der Waals surface area (Å²) in [4.78, 5) is 13.1. The first kappa shape index (κ1) is 14.7. The maximum atomic E-state index is 10.8. The molecular weight excluding hydrogens is 228 g/mol. The van der Waals surface area contributed by atoms with Crippen LogP contribution in [-0.4, -0.2) is 42.2 Å². The minimum Gasteiger partial charge on any atom is -0.478 e. The second kappa shape index (κ2) is 7.13. The molecule has 0 radical (unpaired) electrons. The van der Waals surface area contributed by atoms with E-state index >= 15 is 0 Å². The largest absolute Gasteiger partial charge is 0.478 e. The number of hydrogen-bond acceptors (Lipinski definition) is 3. The highest BCUT2D eigenvalue weighted by molar-refractivity contribution is 5.87. The lowest BCUT2D eigenvalue weighted by Gasteiger charge is -2.20. The molecular formula is C14H22N2O2. The van der Waals surface area contributed by atoms with Gasteiger partial charge < -0.3 is 15.3 Å². The Morgan fingerprint density at radius 3 is 2.78 bits per heavy atom. The van der Waals surface area contributed by atoms with E-state index in [4.69, 9.17) is 5.11 Å². The topological polar surface area (TPSA) is 52.6 Å². The number of nitrogens with zero attached hydrogens (tertiary/aromatic N) is 1. The van der Waals surface area contributed by atoms with Crippen LogP contribution in [0.5, 0.6) is 0 Å². The molecule has 0 aliphatic carbocycles. The number of nitrogens with one attached hydrogen (secondary N) is 1. The van der Waals surface area contributed by atoms with Gasteiger partial charge in [-0.25, -0.2) is 4.79 Å². The number of likely N-dealkylation sites (N-methyl/N-ethyl adjacent to an activating group) is 1. The molecule has 0 atom stereocenters. The van der Waals surface area contributed by atoms with Crippen LogP contribution in [0.25, 0.3) is 0 Å². The maximum Gasteiger partial charge on any atom is 0.335 e. The van der Waals surface area contributed by atoms with Crippen molar-refractivity contribution < 1.29 is 9.90 Å². The molecule has 4 nitrogen and oxygen atoms in total. The average molecular weight is 250 g/mol. The highest BCUT2D eigenvalue weighted by atomic mass is 16.4. The van der Waals surface area contributed by atoms with E-state index in [0.717, 1.165) is 18.7 Å². The zero-order valence-electron chi connectivity index (χ0n) is 11.3. The van der Waals surface area contributed by atoms with E-state index in [9.17, 15) is 4.79 Å². The number of carboxylic acids is 1. The van der Waals surface area contributed by atoms with Crippen molar-refractivity contribution in [3.8, 4) is 0 Å². The first-order valence-electron chi connectivity index (χ1n) is 6.24. The van der Waals surface area contributed by atoms with Crippen LogP contribution in [0.4, 0.5) is 0 Å². The van der Waals surface area contributed by atoms with Crippen LogP contribution in [-0.2, 0) is 6.54 Å². The van der Waals surface area contributed by atoms with Crippen LogP contribution >= 0.6 is 0 Å². The van der Waals surface area contributed by atoms with E-state index < -0.39 is 5.97 Å². The van der Waals surface area contributed by atoms with E-state index in [1.807, 2.05) is 6.07 Å². The van der Waals surface area contributed by atoms with Gasteiger partial charge in [-0.1, -0.05) is 12.1 Å². The lowest BCUT2D eigenvalue weighted by atomic mass is 10.1. The fourth-order valence-electron chi connectivity index (χ4n) is 1.56. The van der Waals surface area contributed by atoms with Gasteiger partial charge in [0.05, 0.1) is 5.56 Å². The summed E-state index contributed by atoms with van der Waals surface area (Å²) in [5.74, 6) is -0.878. The third-order valence-electron chi connectivity index (χ3n) is 3.03. The molecule has 4 heteroatoms. The van der Waals surface area contributed by atoms with Crippen LogP contribution in [0.15, 0.2) is 24.3 Å². The zero-order valence-corrected chi connectivity index (χ0v) is 11.3. The van der Waals surface area contributed by atoms with Gasteiger partial charge in [0.2, 0.25) is 0 Å². The molecule has 0 saturated heterocycles. The molecule has 0 unspecified atom stereocenters. The Morgan fingerprint density at radius 2 is 2.17 bits per heavy atom. The standard InChI is InChI=1S/C14H22N2O2/c1-11(2)16(3)8-7-15-10-12-5-4-6-13(9-12)14(17)18/h4-6,9,11,15H,7-8,10H2,1-3H3,(H,17,18). The lowest BCUT2D eigenvalue weighted by Crippen LogP contribution is -2.33. The predicted molar refractivity (Wildman–Crippen MR) is 72.9 cm³/mol. The SMILES string of the molecule is CC(C)N(C)CCNCc1cccc(C(=O)O)c1. The Labute approximate surface area is 109 Å². The minimum atomic E-state index is -0.878. The predicted octanol–water partition coefficient (Wildman–Crippen LogP) is 1.81. The summed E-state index contributed by atoms with van der Waals surface area (Å²) >= 11 is 0. The Hall–Kier alpha value is -1.39. The van der Waals surface area contributed by atoms with Crippen molar-refractivity contribution in [1.29, 1.82) is 0 Å². The molecule has 0 spiro atoms. The number of carbonyl (C=O) groups is 1. The summed E-state index contributed by atoms with van der Waals surface area (Å²) in [6.45, 7) is 6.90. The molecule has 0 bridgehead atoms. The van der Waals surface area contributed by atoms with Gasteiger partial charge in [0, 0.05) is 25.7 Å². The van der Waals surface area contributed by atoms with Crippen molar-refractivity contribution in [3.05, 3.63) is 35.4 Å². The van der Waals surface area contributed by atoms with Crippen LogP contribution in [0.2, 0.25) is 0 Å². The highest BCUT2D eigenvalue weighted by Gasteiger charge is 2.04. The van der Waals surface area contributed by atoms with E-state index in [-0.39, 0.29) is 0 Å². The third kappa shape index (κ3) is 4.85. The van der Waals surface area contributed by atoms with Crippen molar-refractivity contribution in [1.82, 2.24) is 10.2 Å². The first-order valence-corrected chi connectivity index (χ1v) is 6.24. The Balaban J connectivity index is 2.35. The number of aromatic carboxylic acids is 1. The van der Waals surface area contributed by atoms with E-state index in [1.165, 1.54) is 0 Å². The molecule has 0 aromatic heterocycles. The third-order valence-corrected chi connectivity index (χ3v) is 3.03. The van der Waals surface area contributed by atoms with Crippen molar-refractivity contribution in [2.75, 3.05) is 20.1 Å². The average Bonchev–Trinajstić information content (AvgIpc) is 2.34. The van der Waals surface area contributed by atoms with Crippen molar-refractivity contribution in [3.63, 3.8) is 0 Å². The highest BCUT2D eigenvalue weighted by Crippen LogP contribution is 2.04. The molecule has 1 rings (SSSR count). The van der Waals surface area contributed by atoms with E-state index in [0.29, 0.717) is 18.2 Å². The van der Waals surface area contributed by atoms with Gasteiger partial charge in [0.15, 0.2) is 0 Å². The maximum absolute atomic E-state index is 10.8. The van der Waals surface area contributed by atoms with Gasteiger partial charge >= 0.3 is 5.97 Å². The molecule has 0 aliphatic rings. The number of hydrogen-bond donors (Lipinski definition) is 2. The molecule has 2 N–H and O–H groups in total. The van der Waals surface area contributed by atoms with Crippen LogP contribution in [0.1, 0.15) is 29.8 Å². The van der Waals surface area contributed by atoms with Gasteiger partial charge in [-0.15, -0.1) is 0 Å². The smallest absolute Gasteiger partial charge is 0.335 e. The molecule has 0 saturated carbocycles. The van der Waals surface area contributed by atoms with E-state index in [1.54, 1.807) is 18.2 Å². The summed E-state index contributed by atoms with van der Waals surface area (Å²) in [5.41, 5.74) is 1.34. The molecule has 1 aromatic carbocycles. The Kier molecular flexibility index (Phi) is 5.82. The van der Waals surface area contributed by atoms with Gasteiger partial charge in [-0.2, -0.15) is 0 Å². The zero-order chi connectivity index (χ0) is 13.5. The van der Waals surface area contributed by atoms with Crippen molar-refractivity contribution >= 4 is 5.97 Å². The van der Waals surface area contributed by atoms with Crippen molar-refractivity contribution in [2.24, 2.45) is 0 Å². The monoisotopic (exact) mass is 250 g/mol. The second-order valence-corrected chi connectivity index (χ2v) is 4.76. The summed E-state index contributed by atoms with van der Waals surface area (Å²) in [5, 5.41) is 12.2. The molecule has 0 fully saturated rings. The normalized spacial score (nSPS) is 11.2. The molecule has 18 heavy (non-hydrogen) atoms. The number of carboxylic acid groups (broad SMARTS) is 1. The molecule has 100 valence electrons. The summed E-state index contributed by atoms with van der Waals surface area (Å²) in [7, 11) is 2.09. The Morgan fingerprint density at radius 1 is 1.44 bits per heavy atom. The van der Waals surface area contributed by atoms with Gasteiger partial charge in [0.25, 0.3) is 0 Å². The van der Waals surface area contributed by atoms with Gasteiger partial charge in [-0.05, 0) is 38.6 Å². The lowest BCUT2D eigenvalue weighted by molar-refractivity contribution is 0.0696. The summed E-state index contributed by atoms with van der Waals surface area (Å²) < 4.78 is 0. The summed E-state index contributed by atoms with van der Waals surface area (Å²) in [6.07, 6.45) is 0. The molecule has 0 heterocycles. The van der Waals surface area contributed by atoms with Crippen LogP contribution in [0.3, 0.4) is 0 Å². The molecule has 0 aliphatic heterocycles. The molecule has 0 amide bonds. The fraction of sp³-hybridized carbons (Fsp3) is 0.500. The quantitative estimate of drug-likeness (QED) is 0.725. The number of rotatable bonds is 7. The minimum absolute atomic E-state index is 0.341. The Bertz CT molecular complexity index is 391. The van der Waals surface area contributed by atoms with Gasteiger partial charge in [0.1, 0.15) is 0 Å². The van der Waals surface area contributed by atoms with Crippen molar-refractivity contribution in [2.45, 2.75) is 26.4 Å². The number of benzene rings is 1. The fourth-order valence-corrected chi connectivity index (χ4v) is 1.56.